The number of hydrogen-bond acceptors (Lipinski definition) is 9. The topological polar surface area (TPSA) is 121 Å². The number of carbonyl (C=O) groups excluding carboxylic acids is 1. The summed E-state index contributed by atoms with van der Waals surface area (Å²) < 4.78 is 43.9. The van der Waals surface area contributed by atoms with Crippen LogP contribution in [0.1, 0.15) is 33.3 Å². The van der Waals surface area contributed by atoms with E-state index in [0.29, 0.717) is 33.8 Å². The van der Waals surface area contributed by atoms with Crippen LogP contribution in [-0.4, -0.2) is 57.6 Å². The van der Waals surface area contributed by atoms with Crippen molar-refractivity contribution < 1.29 is 32.3 Å². The monoisotopic (exact) mass is 738 g/mol. The molecular formula is C37H41ClN3O7S2+. The van der Waals surface area contributed by atoms with Crippen molar-refractivity contribution in [3.05, 3.63) is 95.8 Å². The van der Waals surface area contributed by atoms with Gasteiger partial charge < -0.3 is 9.32 Å². The maximum absolute atomic E-state index is 13.8. The molecule has 0 radical (unpaired) electrons. The van der Waals surface area contributed by atoms with E-state index < -0.39 is 21.8 Å². The largest absolute Gasteiger partial charge is 0.456 e. The lowest BCUT2D eigenvalue weighted by Crippen LogP contribution is -2.43. The Balaban J connectivity index is 1.70. The van der Waals surface area contributed by atoms with E-state index in [0.717, 1.165) is 59.3 Å². The fraction of sp³-hybridized carbons (Fsp3) is 0.297. The van der Waals surface area contributed by atoms with Crippen LogP contribution < -0.4 is 19.6 Å². The number of benzene rings is 4. The summed E-state index contributed by atoms with van der Waals surface area (Å²) in [5.41, 5.74) is 4.61. The third kappa shape index (κ3) is 8.24. The molecule has 0 saturated heterocycles. The summed E-state index contributed by atoms with van der Waals surface area (Å²) in [5.74, 6) is -0.167. The second-order valence-corrected chi connectivity index (χ2v) is 14.3. The lowest BCUT2D eigenvalue weighted by molar-refractivity contribution is -0.432. The van der Waals surface area contributed by atoms with Gasteiger partial charge in [-0.1, -0.05) is 41.4 Å². The molecule has 0 bridgehead atoms. The zero-order valence-corrected chi connectivity index (χ0v) is 30.8. The van der Waals surface area contributed by atoms with Crippen LogP contribution in [-0.2, 0) is 30.6 Å². The third-order valence-corrected chi connectivity index (χ3v) is 11.1. The molecule has 3 aromatic carbocycles. The predicted octanol–water partition coefficient (Wildman–Crippen LogP) is 6.99. The molecule has 1 atom stereocenters. The number of fused-ring (bicyclic) bond motifs is 2. The Morgan fingerprint density at radius 2 is 1.68 bits per heavy atom. The van der Waals surface area contributed by atoms with Gasteiger partial charge in [-0.25, -0.2) is 23.0 Å². The van der Waals surface area contributed by atoms with Gasteiger partial charge in [0.05, 0.1) is 34.9 Å². The summed E-state index contributed by atoms with van der Waals surface area (Å²) in [5, 5.41) is 14.9. The molecule has 0 spiro atoms. The minimum absolute atomic E-state index is 0.118. The van der Waals surface area contributed by atoms with Crippen molar-refractivity contribution >= 4 is 56.1 Å². The summed E-state index contributed by atoms with van der Waals surface area (Å²) >= 11 is 6.54. The SMILES string of the molecule is CCN(CC)c1ccc2c(-c3ccc(S(=O)(=O)NC(Cc4ccccc4)C(=O)CCl)cc3SOOO)c3ccc(=[N+](CC)CC)cc-3oc2c1. The van der Waals surface area contributed by atoms with Gasteiger partial charge in [-0.3, -0.25) is 4.79 Å². The van der Waals surface area contributed by atoms with Crippen LogP contribution in [0.4, 0.5) is 5.69 Å². The molecule has 0 aromatic heterocycles. The Kier molecular flexibility index (Phi) is 12.7. The van der Waals surface area contributed by atoms with Gasteiger partial charge in [-0.05, 0) is 75.6 Å². The highest BCUT2D eigenvalue weighted by Gasteiger charge is 2.28. The quantitative estimate of drug-likeness (QED) is 0.0276. The highest BCUT2D eigenvalue weighted by atomic mass is 35.5. The number of ketones is 1. The molecule has 1 aliphatic carbocycles. The first-order valence-electron chi connectivity index (χ1n) is 16.4. The number of alkyl halides is 1. The van der Waals surface area contributed by atoms with Crippen molar-refractivity contribution in [2.45, 2.75) is 49.9 Å². The molecule has 50 heavy (non-hydrogen) atoms. The summed E-state index contributed by atoms with van der Waals surface area (Å²) in [7, 11) is -4.24. The van der Waals surface area contributed by atoms with Gasteiger partial charge in [0.1, 0.15) is 24.4 Å². The molecule has 13 heteroatoms. The Morgan fingerprint density at radius 1 is 0.960 bits per heavy atom. The first-order valence-corrected chi connectivity index (χ1v) is 19.2. The number of carbonyl (C=O) groups is 1. The van der Waals surface area contributed by atoms with Gasteiger partial charge in [0.2, 0.25) is 15.4 Å². The number of anilines is 1. The average Bonchev–Trinajstić information content (AvgIpc) is 3.13. The molecule has 1 heterocycles. The number of rotatable bonds is 16. The second kappa shape index (κ2) is 17.0. The Hall–Kier alpha value is -3.75. The number of sulfonamides is 1. The van der Waals surface area contributed by atoms with Gasteiger partial charge in [-0.2, -0.15) is 0 Å². The first-order chi connectivity index (χ1) is 24.2. The molecular weight excluding hydrogens is 698 g/mol. The predicted molar refractivity (Wildman–Crippen MR) is 199 cm³/mol. The number of hydrogen-bond donors (Lipinski definition) is 2. The van der Waals surface area contributed by atoms with Crippen LogP contribution in [0.5, 0.6) is 0 Å². The van der Waals surface area contributed by atoms with Crippen LogP contribution in [0.15, 0.2) is 99.1 Å². The summed E-state index contributed by atoms with van der Waals surface area (Å²) in [6.45, 7) is 11.7. The highest BCUT2D eigenvalue weighted by Crippen LogP contribution is 2.44. The van der Waals surface area contributed by atoms with Crippen molar-refractivity contribution in [2.75, 3.05) is 37.0 Å². The maximum atomic E-state index is 13.8. The van der Waals surface area contributed by atoms with Gasteiger partial charge in [0.15, 0.2) is 5.78 Å². The molecule has 2 N–H and O–H groups in total. The lowest BCUT2D eigenvalue weighted by Gasteiger charge is -2.23. The third-order valence-electron chi connectivity index (χ3n) is 8.73. The number of halogens is 1. The molecule has 10 nitrogen and oxygen atoms in total. The molecule has 0 amide bonds. The second-order valence-electron chi connectivity index (χ2n) is 11.5. The fourth-order valence-electron chi connectivity index (χ4n) is 6.15. The Morgan fingerprint density at radius 3 is 2.34 bits per heavy atom. The summed E-state index contributed by atoms with van der Waals surface area (Å²) in [6.07, 6.45) is 0.128. The normalized spacial score (nSPS) is 12.4. The Labute approximate surface area is 301 Å². The smallest absolute Gasteiger partial charge is 0.241 e. The first kappa shape index (κ1) is 37.5. The van der Waals surface area contributed by atoms with Crippen molar-refractivity contribution in [1.82, 2.24) is 9.30 Å². The van der Waals surface area contributed by atoms with Gasteiger partial charge >= 0.3 is 0 Å². The van der Waals surface area contributed by atoms with E-state index in [9.17, 15) is 13.2 Å². The molecule has 0 fully saturated rings. The van der Waals surface area contributed by atoms with E-state index in [1.54, 1.807) is 6.07 Å². The zero-order valence-electron chi connectivity index (χ0n) is 28.4. The van der Waals surface area contributed by atoms with E-state index in [2.05, 4.69) is 46.9 Å². The van der Waals surface area contributed by atoms with Crippen LogP contribution in [0.2, 0.25) is 0 Å². The van der Waals surface area contributed by atoms with Crippen LogP contribution in [0, 0.1) is 0 Å². The standard InChI is InChI=1S/C37H40ClN3O7S2/c1-5-40(6-2)26-14-17-29-34(21-26)46-35-22-27(41(7-3)8-4)15-18-30(35)37(29)31-19-16-28(23-36(31)49-48-47-43)50(44,45)39-32(33(42)24-38)20-25-12-10-9-11-13-25/h9-19,21-23,32,39H,5-8,20,24H2,1-4H3/p+1. The summed E-state index contributed by atoms with van der Waals surface area (Å²) in [6, 6.07) is 24.7. The lowest BCUT2D eigenvalue weighted by atomic mass is 9.93. The van der Waals surface area contributed by atoms with Gasteiger partial charge in [-0.15, -0.1) is 15.9 Å². The summed E-state index contributed by atoms with van der Waals surface area (Å²) in [4.78, 5) is 15.2. The molecule has 1 aliphatic heterocycles. The molecule has 5 rings (SSSR count). The van der Waals surface area contributed by atoms with E-state index in [4.69, 9.17) is 25.6 Å². The maximum Gasteiger partial charge on any atom is 0.241 e. The van der Waals surface area contributed by atoms with E-state index in [-0.39, 0.29) is 17.2 Å². The van der Waals surface area contributed by atoms with Crippen molar-refractivity contribution in [1.29, 1.82) is 0 Å². The van der Waals surface area contributed by atoms with Crippen LogP contribution in [0.25, 0.3) is 33.4 Å². The van der Waals surface area contributed by atoms with Crippen molar-refractivity contribution in [3.63, 3.8) is 0 Å². The number of Topliss-reactive ketones (excluding diaryl/α,β-unsaturated/α-hetero) is 1. The van der Waals surface area contributed by atoms with Gasteiger partial charge in [0, 0.05) is 52.3 Å². The van der Waals surface area contributed by atoms with E-state index in [1.807, 2.05) is 66.7 Å². The number of nitrogens with zero attached hydrogens (tertiary/aromatic N) is 2. The molecule has 264 valence electrons. The number of nitrogens with one attached hydrogen (secondary N) is 1. The van der Waals surface area contributed by atoms with E-state index >= 15 is 0 Å². The molecule has 3 aromatic rings. The van der Waals surface area contributed by atoms with Crippen molar-refractivity contribution in [3.8, 4) is 22.5 Å². The van der Waals surface area contributed by atoms with Gasteiger partial charge in [0.25, 0.3) is 0 Å². The average molecular weight is 739 g/mol. The fourth-order valence-corrected chi connectivity index (χ4v) is 8.19. The molecule has 1 unspecified atom stereocenters. The van der Waals surface area contributed by atoms with E-state index in [1.165, 1.54) is 12.1 Å². The highest BCUT2D eigenvalue weighted by molar-refractivity contribution is 7.94. The molecule has 2 aliphatic rings. The molecule has 0 saturated carbocycles. The van der Waals surface area contributed by atoms with Crippen molar-refractivity contribution in [2.24, 2.45) is 0 Å². The zero-order chi connectivity index (χ0) is 35.8. The Bertz CT molecular complexity index is 2100. The minimum Gasteiger partial charge on any atom is -0.456 e. The minimum atomic E-state index is -4.24. The van der Waals surface area contributed by atoms with Crippen LogP contribution in [0.3, 0.4) is 0 Å². The van der Waals surface area contributed by atoms with Crippen LogP contribution >= 0.6 is 23.6 Å².